The molecule has 0 unspecified atom stereocenters. The molecule has 1 aromatic rings. The van der Waals surface area contributed by atoms with E-state index in [2.05, 4.69) is 11.1 Å². The first-order valence-electron chi connectivity index (χ1n) is 6.75. The third kappa shape index (κ3) is 1.71. The molecule has 0 fully saturated rings. The van der Waals surface area contributed by atoms with Gasteiger partial charge in [-0.15, -0.1) is 0 Å². The second-order valence-corrected chi connectivity index (χ2v) is 5.39. The van der Waals surface area contributed by atoms with E-state index >= 15 is 0 Å². The Hall–Kier alpha value is -1.96. The molecule has 98 valence electrons. The van der Waals surface area contributed by atoms with Crippen molar-refractivity contribution in [2.24, 2.45) is 0 Å². The minimum absolute atomic E-state index is 0.273. The molecule has 1 atom stereocenters. The van der Waals surface area contributed by atoms with Crippen molar-refractivity contribution in [1.29, 1.82) is 5.26 Å². The molecule has 0 saturated carbocycles. The fourth-order valence-corrected chi connectivity index (χ4v) is 3.21. The van der Waals surface area contributed by atoms with Gasteiger partial charge in [-0.25, -0.2) is 4.98 Å². The maximum Gasteiger partial charge on any atom is 0.347 e. The van der Waals surface area contributed by atoms with Crippen molar-refractivity contribution >= 4 is 0 Å². The lowest BCUT2D eigenvalue weighted by Gasteiger charge is -2.27. The molecule has 0 amide bonds. The number of aromatic nitrogens is 1. The summed E-state index contributed by atoms with van der Waals surface area (Å²) in [5.74, 6) is 0. The van der Waals surface area contributed by atoms with Gasteiger partial charge in [0.05, 0.1) is 0 Å². The second-order valence-electron chi connectivity index (χ2n) is 5.39. The van der Waals surface area contributed by atoms with E-state index < -0.39 is 10.5 Å². The number of rotatable bonds is 1. The normalized spacial score (nSPS) is 25.0. The lowest BCUT2D eigenvalue weighted by molar-refractivity contribution is -0.564. The maximum atomic E-state index is 11.4. The Morgan fingerprint density at radius 3 is 2.74 bits per heavy atom. The van der Waals surface area contributed by atoms with Crippen molar-refractivity contribution < 1.29 is 4.92 Å². The highest BCUT2D eigenvalue weighted by molar-refractivity contribution is 5.39. The third-order valence-corrected chi connectivity index (χ3v) is 4.25. The summed E-state index contributed by atoms with van der Waals surface area (Å²) >= 11 is 0. The monoisotopic (exact) mass is 257 g/mol. The molecule has 2 aliphatic carbocycles. The summed E-state index contributed by atoms with van der Waals surface area (Å²) in [6, 6.07) is 3.98. The fourth-order valence-electron chi connectivity index (χ4n) is 3.21. The highest BCUT2D eigenvalue weighted by Crippen LogP contribution is 2.38. The Kier molecular flexibility index (Phi) is 2.74. The van der Waals surface area contributed by atoms with E-state index in [0.717, 1.165) is 43.4 Å². The van der Waals surface area contributed by atoms with Gasteiger partial charge in [0.15, 0.2) is 6.07 Å². The first-order valence-corrected chi connectivity index (χ1v) is 6.75. The lowest BCUT2D eigenvalue weighted by Crippen LogP contribution is -2.39. The van der Waals surface area contributed by atoms with Gasteiger partial charge >= 0.3 is 5.54 Å². The van der Waals surface area contributed by atoms with Gasteiger partial charge in [-0.1, -0.05) is 6.07 Å². The van der Waals surface area contributed by atoms with E-state index in [9.17, 15) is 15.4 Å². The summed E-state index contributed by atoms with van der Waals surface area (Å²) in [4.78, 5) is 15.5. The van der Waals surface area contributed by atoms with Crippen LogP contribution in [0.5, 0.6) is 0 Å². The van der Waals surface area contributed by atoms with Crippen molar-refractivity contribution in [3.8, 4) is 6.07 Å². The van der Waals surface area contributed by atoms with Crippen LogP contribution in [0.4, 0.5) is 0 Å². The van der Waals surface area contributed by atoms with Gasteiger partial charge in [-0.2, -0.15) is 5.26 Å². The number of nitro groups is 1. The van der Waals surface area contributed by atoms with Crippen LogP contribution >= 0.6 is 0 Å². The zero-order valence-corrected chi connectivity index (χ0v) is 10.7. The summed E-state index contributed by atoms with van der Waals surface area (Å²) in [6.45, 7) is 0. The molecule has 0 radical (unpaired) electrons. The highest BCUT2D eigenvalue weighted by atomic mass is 16.6. The first-order chi connectivity index (χ1) is 9.17. The Morgan fingerprint density at radius 2 is 2.00 bits per heavy atom. The molecule has 0 aliphatic heterocycles. The van der Waals surface area contributed by atoms with Gasteiger partial charge in [-0.3, -0.25) is 10.1 Å². The summed E-state index contributed by atoms with van der Waals surface area (Å²) in [6.07, 6.45) is 5.88. The number of fused-ring (bicyclic) bond motifs is 2. The zero-order valence-electron chi connectivity index (χ0n) is 10.7. The van der Waals surface area contributed by atoms with Crippen LogP contribution in [0.15, 0.2) is 6.07 Å². The molecule has 0 N–H and O–H groups in total. The Labute approximate surface area is 111 Å². The van der Waals surface area contributed by atoms with Crippen molar-refractivity contribution in [3.63, 3.8) is 0 Å². The molecule has 5 heteroatoms. The van der Waals surface area contributed by atoms with Crippen LogP contribution < -0.4 is 0 Å². The molecule has 2 aliphatic rings. The van der Waals surface area contributed by atoms with Crippen LogP contribution in [-0.2, 0) is 24.8 Å². The summed E-state index contributed by atoms with van der Waals surface area (Å²) < 4.78 is 0. The van der Waals surface area contributed by atoms with E-state index in [1.165, 1.54) is 5.56 Å². The van der Waals surface area contributed by atoms with E-state index in [-0.39, 0.29) is 6.42 Å². The van der Waals surface area contributed by atoms with Crippen molar-refractivity contribution in [2.75, 3.05) is 0 Å². The van der Waals surface area contributed by atoms with Gasteiger partial charge in [0.25, 0.3) is 0 Å². The van der Waals surface area contributed by atoms with Gasteiger partial charge in [0.2, 0.25) is 0 Å². The second kappa shape index (κ2) is 4.30. The number of hydrogen-bond acceptors (Lipinski definition) is 4. The van der Waals surface area contributed by atoms with Crippen LogP contribution in [0, 0.1) is 21.4 Å². The van der Waals surface area contributed by atoms with Crippen LogP contribution in [0.3, 0.4) is 0 Å². The molecular weight excluding hydrogens is 242 g/mol. The number of nitrogens with zero attached hydrogens (tertiary/aromatic N) is 3. The van der Waals surface area contributed by atoms with E-state index in [4.69, 9.17) is 0 Å². The van der Waals surface area contributed by atoms with Gasteiger partial charge < -0.3 is 0 Å². The van der Waals surface area contributed by atoms with Gasteiger partial charge in [0, 0.05) is 17.0 Å². The number of nitriles is 1. The SMILES string of the molecule is N#C[C@]1([N+](=O)[O-])CCCc2cc3c(nc21)CCCC3. The molecule has 1 aromatic heterocycles. The molecule has 3 rings (SSSR count). The summed E-state index contributed by atoms with van der Waals surface area (Å²) in [5, 5.41) is 20.7. The first kappa shape index (κ1) is 12.1. The van der Waals surface area contributed by atoms with Crippen molar-refractivity contribution in [1.82, 2.24) is 4.98 Å². The largest absolute Gasteiger partial charge is 0.347 e. The zero-order chi connectivity index (χ0) is 13.5. The maximum absolute atomic E-state index is 11.4. The molecular formula is C14H15N3O2. The van der Waals surface area contributed by atoms with Crippen molar-refractivity contribution in [2.45, 2.75) is 50.5 Å². The predicted molar refractivity (Wildman–Crippen MR) is 68.1 cm³/mol. The van der Waals surface area contributed by atoms with Crippen LogP contribution in [0.25, 0.3) is 0 Å². The quantitative estimate of drug-likeness (QED) is 0.571. The Balaban J connectivity index is 2.19. The predicted octanol–water partition coefficient (Wildman–Crippen LogP) is 2.29. The summed E-state index contributed by atoms with van der Waals surface area (Å²) in [5.41, 5.74) is 1.88. The molecule has 0 saturated heterocycles. The molecule has 0 aromatic carbocycles. The molecule has 0 spiro atoms. The minimum Gasteiger partial charge on any atom is -0.262 e. The molecule has 19 heavy (non-hydrogen) atoms. The topological polar surface area (TPSA) is 79.8 Å². The number of hydrogen-bond donors (Lipinski definition) is 0. The molecule has 5 nitrogen and oxygen atoms in total. The number of pyridine rings is 1. The smallest absolute Gasteiger partial charge is 0.262 e. The molecule has 1 heterocycles. The van der Waals surface area contributed by atoms with Crippen LogP contribution in [-0.4, -0.2) is 9.91 Å². The lowest BCUT2D eigenvalue weighted by atomic mass is 9.79. The Morgan fingerprint density at radius 1 is 1.26 bits per heavy atom. The van der Waals surface area contributed by atoms with E-state index in [0.29, 0.717) is 12.1 Å². The van der Waals surface area contributed by atoms with E-state index in [1.807, 2.05) is 6.07 Å². The standard InChI is InChI=1S/C14H15N3O2/c15-9-14(17(18)19)7-3-5-11-8-10-4-1-2-6-12(10)16-13(11)14/h8H,1-7H2/t14-/m1/s1. The summed E-state index contributed by atoms with van der Waals surface area (Å²) in [7, 11) is 0. The molecule has 0 bridgehead atoms. The van der Waals surface area contributed by atoms with E-state index in [1.54, 1.807) is 0 Å². The average molecular weight is 257 g/mol. The fraction of sp³-hybridized carbons (Fsp3) is 0.571. The third-order valence-electron chi connectivity index (χ3n) is 4.25. The minimum atomic E-state index is -1.62. The van der Waals surface area contributed by atoms with Gasteiger partial charge in [-0.05, 0) is 49.7 Å². The number of aryl methyl sites for hydroxylation is 3. The van der Waals surface area contributed by atoms with Crippen LogP contribution in [0.1, 0.15) is 48.2 Å². The average Bonchev–Trinajstić information content (AvgIpc) is 2.44. The Bertz CT molecular complexity index is 591. The van der Waals surface area contributed by atoms with Crippen molar-refractivity contribution in [3.05, 3.63) is 38.7 Å². The van der Waals surface area contributed by atoms with Crippen LogP contribution in [0.2, 0.25) is 0 Å². The van der Waals surface area contributed by atoms with Gasteiger partial charge in [0.1, 0.15) is 5.69 Å². The highest BCUT2D eigenvalue weighted by Gasteiger charge is 2.50.